The molecule has 0 bridgehead atoms. The number of nitriles is 1. The van der Waals surface area contributed by atoms with Crippen LogP contribution in [0.5, 0.6) is 0 Å². The van der Waals surface area contributed by atoms with E-state index in [1.165, 1.54) is 0 Å². The zero-order valence-corrected chi connectivity index (χ0v) is 12.7. The van der Waals surface area contributed by atoms with Crippen LogP contribution in [-0.4, -0.2) is 16.6 Å². The molecule has 108 valence electrons. The van der Waals surface area contributed by atoms with Crippen molar-refractivity contribution in [2.45, 2.75) is 33.3 Å². The Morgan fingerprint density at radius 2 is 1.86 bits per heavy atom. The lowest BCUT2D eigenvalue weighted by Gasteiger charge is -2.20. The molecule has 1 N–H and O–H groups in total. The van der Waals surface area contributed by atoms with Gasteiger partial charge in [0.1, 0.15) is 5.60 Å². The predicted octanol–water partition coefficient (Wildman–Crippen LogP) is 3.82. The molecular formula is C17H18N2O2. The van der Waals surface area contributed by atoms with Crippen molar-refractivity contribution in [2.24, 2.45) is 0 Å². The lowest BCUT2D eigenvalue weighted by atomic mass is 10.0. The van der Waals surface area contributed by atoms with E-state index >= 15 is 0 Å². The van der Waals surface area contributed by atoms with Gasteiger partial charge in [0, 0.05) is 17.5 Å². The van der Waals surface area contributed by atoms with E-state index in [2.05, 4.69) is 11.1 Å². The smallest absolute Gasteiger partial charge is 0.341 e. The van der Waals surface area contributed by atoms with Gasteiger partial charge in [-0.05, 0) is 45.4 Å². The van der Waals surface area contributed by atoms with Crippen LogP contribution in [0.4, 0.5) is 0 Å². The molecule has 0 amide bonds. The normalized spacial score (nSPS) is 11.0. The van der Waals surface area contributed by atoms with Crippen molar-refractivity contribution in [2.75, 3.05) is 0 Å². The number of carbonyl (C=O) groups excluding carboxylic acids is 1. The van der Waals surface area contributed by atoms with Crippen LogP contribution < -0.4 is 0 Å². The average molecular weight is 282 g/mol. The Kier molecular flexibility index (Phi) is 3.86. The molecular weight excluding hydrogens is 264 g/mol. The number of esters is 1. The molecule has 1 aromatic carbocycles. The van der Waals surface area contributed by atoms with Crippen LogP contribution >= 0.6 is 0 Å². The maximum Gasteiger partial charge on any atom is 0.341 e. The van der Waals surface area contributed by atoms with E-state index in [1.807, 2.05) is 39.8 Å². The van der Waals surface area contributed by atoms with Gasteiger partial charge in [0.25, 0.3) is 0 Å². The first-order chi connectivity index (χ1) is 9.81. The predicted molar refractivity (Wildman–Crippen MR) is 80.8 cm³/mol. The van der Waals surface area contributed by atoms with Crippen molar-refractivity contribution < 1.29 is 9.53 Å². The zero-order valence-electron chi connectivity index (χ0n) is 12.7. The maximum atomic E-state index is 12.4. The SMILES string of the molecule is Cc1[nH]cc(-c2ccc(C#N)cc2)c1C(=O)OC(C)(C)C. The number of nitrogens with one attached hydrogen (secondary N) is 1. The molecule has 0 unspecified atom stereocenters. The highest BCUT2D eigenvalue weighted by Crippen LogP contribution is 2.28. The van der Waals surface area contributed by atoms with Gasteiger partial charge in [0.05, 0.1) is 17.2 Å². The summed E-state index contributed by atoms with van der Waals surface area (Å²) < 4.78 is 5.46. The molecule has 0 aliphatic carbocycles. The third-order valence-electron chi connectivity index (χ3n) is 3.01. The molecule has 0 saturated heterocycles. The van der Waals surface area contributed by atoms with Gasteiger partial charge in [-0.2, -0.15) is 5.26 Å². The van der Waals surface area contributed by atoms with Crippen LogP contribution in [0.15, 0.2) is 30.5 Å². The number of aromatic amines is 1. The summed E-state index contributed by atoms with van der Waals surface area (Å²) in [5.41, 5.74) is 3.01. The van der Waals surface area contributed by atoms with Gasteiger partial charge in [0.15, 0.2) is 0 Å². The Hall–Kier alpha value is -2.54. The van der Waals surface area contributed by atoms with Crippen molar-refractivity contribution in [3.05, 3.63) is 47.3 Å². The molecule has 1 heterocycles. The number of carbonyl (C=O) groups is 1. The third kappa shape index (κ3) is 3.32. The van der Waals surface area contributed by atoms with Crippen LogP contribution in [0, 0.1) is 18.3 Å². The standard InChI is InChI=1S/C17H18N2O2/c1-11-15(16(20)21-17(2,3)4)14(10-19-11)13-7-5-12(9-18)6-8-13/h5-8,10,19H,1-4H3. The van der Waals surface area contributed by atoms with Crippen molar-refractivity contribution >= 4 is 5.97 Å². The van der Waals surface area contributed by atoms with Gasteiger partial charge in [0.2, 0.25) is 0 Å². The maximum absolute atomic E-state index is 12.4. The van der Waals surface area contributed by atoms with Gasteiger partial charge in [-0.15, -0.1) is 0 Å². The third-order valence-corrected chi connectivity index (χ3v) is 3.01. The van der Waals surface area contributed by atoms with E-state index in [-0.39, 0.29) is 5.97 Å². The summed E-state index contributed by atoms with van der Waals surface area (Å²) >= 11 is 0. The highest BCUT2D eigenvalue weighted by Gasteiger charge is 2.23. The largest absolute Gasteiger partial charge is 0.456 e. The lowest BCUT2D eigenvalue weighted by Crippen LogP contribution is -2.24. The molecule has 0 aliphatic heterocycles. The van der Waals surface area contributed by atoms with E-state index in [1.54, 1.807) is 18.3 Å². The van der Waals surface area contributed by atoms with Crippen molar-refractivity contribution in [1.82, 2.24) is 4.98 Å². The number of benzene rings is 1. The Balaban J connectivity index is 2.42. The average Bonchev–Trinajstić information content (AvgIpc) is 2.79. The molecule has 0 fully saturated rings. The first-order valence-corrected chi connectivity index (χ1v) is 6.73. The molecule has 0 radical (unpaired) electrons. The van der Waals surface area contributed by atoms with Crippen LogP contribution in [0.2, 0.25) is 0 Å². The summed E-state index contributed by atoms with van der Waals surface area (Å²) in [6.45, 7) is 7.36. The number of hydrogen-bond acceptors (Lipinski definition) is 3. The minimum Gasteiger partial charge on any atom is -0.456 e. The van der Waals surface area contributed by atoms with Crippen LogP contribution in [0.3, 0.4) is 0 Å². The number of hydrogen-bond donors (Lipinski definition) is 1. The van der Waals surface area contributed by atoms with Crippen molar-refractivity contribution in [3.8, 4) is 17.2 Å². The molecule has 4 heteroatoms. The summed E-state index contributed by atoms with van der Waals surface area (Å²) in [5.74, 6) is -0.347. The number of ether oxygens (including phenoxy) is 1. The second-order valence-corrected chi connectivity index (χ2v) is 5.89. The number of rotatable bonds is 2. The number of H-pyrrole nitrogens is 1. The summed E-state index contributed by atoms with van der Waals surface area (Å²) in [6.07, 6.45) is 1.79. The zero-order chi connectivity index (χ0) is 15.6. The van der Waals surface area contributed by atoms with Gasteiger partial charge in [-0.25, -0.2) is 4.79 Å². The van der Waals surface area contributed by atoms with E-state index in [0.29, 0.717) is 11.1 Å². The topological polar surface area (TPSA) is 65.9 Å². The van der Waals surface area contributed by atoms with Crippen LogP contribution in [-0.2, 0) is 4.74 Å². The summed E-state index contributed by atoms with van der Waals surface area (Å²) in [4.78, 5) is 15.4. The fourth-order valence-electron chi connectivity index (χ4n) is 2.07. The van der Waals surface area contributed by atoms with E-state index in [4.69, 9.17) is 10.00 Å². The molecule has 0 aliphatic rings. The van der Waals surface area contributed by atoms with E-state index < -0.39 is 5.60 Å². The second-order valence-electron chi connectivity index (χ2n) is 5.89. The van der Waals surface area contributed by atoms with Gasteiger partial charge < -0.3 is 9.72 Å². The molecule has 0 saturated carbocycles. The van der Waals surface area contributed by atoms with Gasteiger partial charge in [-0.3, -0.25) is 0 Å². The minimum absolute atomic E-state index is 0.347. The van der Waals surface area contributed by atoms with Crippen molar-refractivity contribution in [3.63, 3.8) is 0 Å². The summed E-state index contributed by atoms with van der Waals surface area (Å²) in [7, 11) is 0. The second kappa shape index (κ2) is 5.45. The molecule has 2 rings (SSSR count). The monoisotopic (exact) mass is 282 g/mol. The Morgan fingerprint density at radius 3 is 2.38 bits per heavy atom. The first-order valence-electron chi connectivity index (χ1n) is 6.73. The molecule has 1 aromatic heterocycles. The molecule has 21 heavy (non-hydrogen) atoms. The quantitative estimate of drug-likeness (QED) is 0.851. The number of nitrogens with zero attached hydrogens (tertiary/aromatic N) is 1. The first kappa shape index (κ1) is 14.9. The molecule has 0 spiro atoms. The highest BCUT2D eigenvalue weighted by atomic mass is 16.6. The van der Waals surface area contributed by atoms with Gasteiger partial charge in [-0.1, -0.05) is 12.1 Å². The Labute approximate surface area is 124 Å². The number of aryl methyl sites for hydroxylation is 1. The van der Waals surface area contributed by atoms with Gasteiger partial charge >= 0.3 is 5.97 Å². The minimum atomic E-state index is -0.539. The Morgan fingerprint density at radius 1 is 1.24 bits per heavy atom. The fourth-order valence-corrected chi connectivity index (χ4v) is 2.07. The lowest BCUT2D eigenvalue weighted by molar-refractivity contribution is 0.00699. The fraction of sp³-hybridized carbons (Fsp3) is 0.294. The van der Waals surface area contributed by atoms with Crippen LogP contribution in [0.25, 0.3) is 11.1 Å². The van der Waals surface area contributed by atoms with Crippen LogP contribution in [0.1, 0.15) is 42.4 Å². The molecule has 4 nitrogen and oxygen atoms in total. The van der Waals surface area contributed by atoms with E-state index in [0.717, 1.165) is 16.8 Å². The highest BCUT2D eigenvalue weighted by molar-refractivity contribution is 5.98. The van der Waals surface area contributed by atoms with E-state index in [9.17, 15) is 4.79 Å². The summed E-state index contributed by atoms with van der Waals surface area (Å²) in [5, 5.41) is 8.84. The summed E-state index contributed by atoms with van der Waals surface area (Å²) in [6, 6.07) is 9.20. The number of aromatic nitrogens is 1. The molecule has 2 aromatic rings. The molecule has 0 atom stereocenters. The Bertz CT molecular complexity index is 698. The van der Waals surface area contributed by atoms with Crippen molar-refractivity contribution in [1.29, 1.82) is 5.26 Å².